The second-order valence-electron chi connectivity index (χ2n) is 6.53. The number of furan rings is 1. The van der Waals surface area contributed by atoms with Crippen molar-refractivity contribution in [3.8, 4) is 17.1 Å². The molecule has 0 spiro atoms. The summed E-state index contributed by atoms with van der Waals surface area (Å²) in [5, 5.41) is 12.6. The van der Waals surface area contributed by atoms with E-state index in [1.54, 1.807) is 30.3 Å². The SMILES string of the molecule is O=C(N[C@@H]1C[C@H]2CCN(C2)C1)c1ccc(-c2cccc(O)c2)o1. The molecule has 4 rings (SSSR count). The van der Waals surface area contributed by atoms with E-state index in [4.69, 9.17) is 4.42 Å². The van der Waals surface area contributed by atoms with Crippen molar-refractivity contribution in [2.75, 3.05) is 19.6 Å². The van der Waals surface area contributed by atoms with Gasteiger partial charge in [-0.3, -0.25) is 4.79 Å². The number of amides is 1. The highest BCUT2D eigenvalue weighted by Gasteiger charge is 2.33. The Morgan fingerprint density at radius 2 is 2.17 bits per heavy atom. The van der Waals surface area contributed by atoms with Gasteiger partial charge in [-0.05, 0) is 49.6 Å². The van der Waals surface area contributed by atoms with Gasteiger partial charge in [0.05, 0.1) is 0 Å². The van der Waals surface area contributed by atoms with Crippen LogP contribution in [-0.2, 0) is 0 Å². The maximum atomic E-state index is 12.4. The molecule has 2 bridgehead atoms. The lowest BCUT2D eigenvalue weighted by Crippen LogP contribution is -2.46. The summed E-state index contributed by atoms with van der Waals surface area (Å²) in [6, 6.07) is 10.5. The van der Waals surface area contributed by atoms with Crippen molar-refractivity contribution in [3.05, 3.63) is 42.2 Å². The van der Waals surface area contributed by atoms with Crippen LogP contribution in [-0.4, -0.2) is 41.6 Å². The third-order valence-corrected chi connectivity index (χ3v) is 4.76. The summed E-state index contributed by atoms with van der Waals surface area (Å²) >= 11 is 0. The van der Waals surface area contributed by atoms with Crippen LogP contribution in [0.15, 0.2) is 40.8 Å². The molecule has 2 fully saturated rings. The Balaban J connectivity index is 1.45. The van der Waals surface area contributed by atoms with Crippen molar-refractivity contribution in [2.24, 2.45) is 5.92 Å². The number of hydrogen-bond donors (Lipinski definition) is 2. The van der Waals surface area contributed by atoms with E-state index in [2.05, 4.69) is 10.2 Å². The standard InChI is InChI=1S/C18H20N2O3/c21-15-3-1-2-13(9-15)16-4-5-17(23-16)18(22)19-14-8-12-6-7-20(10-12)11-14/h1-5,9,12,14,21H,6-8,10-11H2,(H,19,22)/t12-,14-/m1/s1. The number of benzene rings is 1. The molecule has 1 aromatic carbocycles. The number of nitrogens with one attached hydrogen (secondary N) is 1. The molecule has 3 atom stereocenters. The van der Waals surface area contributed by atoms with Gasteiger partial charge in [-0.2, -0.15) is 0 Å². The molecule has 1 amide bonds. The summed E-state index contributed by atoms with van der Waals surface area (Å²) in [5.41, 5.74) is 0.755. The van der Waals surface area contributed by atoms with Crippen LogP contribution in [0.5, 0.6) is 5.75 Å². The van der Waals surface area contributed by atoms with Gasteiger partial charge in [0.25, 0.3) is 5.91 Å². The topological polar surface area (TPSA) is 65.7 Å². The third kappa shape index (κ3) is 2.97. The second kappa shape index (κ2) is 5.74. The third-order valence-electron chi connectivity index (χ3n) is 4.76. The number of rotatable bonds is 3. The first-order chi connectivity index (χ1) is 11.2. The lowest BCUT2D eigenvalue weighted by atomic mass is 9.97. The van der Waals surface area contributed by atoms with Gasteiger partial charge in [0.15, 0.2) is 5.76 Å². The molecule has 2 aliphatic heterocycles. The summed E-state index contributed by atoms with van der Waals surface area (Å²) < 4.78 is 5.66. The van der Waals surface area contributed by atoms with E-state index < -0.39 is 0 Å². The molecule has 0 saturated carbocycles. The van der Waals surface area contributed by atoms with Crippen molar-refractivity contribution in [1.29, 1.82) is 0 Å². The number of phenolic OH excluding ortho intramolecular Hbond substituents is 1. The van der Waals surface area contributed by atoms with Gasteiger partial charge in [-0.1, -0.05) is 12.1 Å². The lowest BCUT2D eigenvalue weighted by molar-refractivity contribution is 0.0882. The summed E-state index contributed by atoms with van der Waals surface area (Å²) in [7, 11) is 0. The van der Waals surface area contributed by atoms with Crippen LogP contribution in [0.4, 0.5) is 0 Å². The van der Waals surface area contributed by atoms with Crippen molar-refractivity contribution in [3.63, 3.8) is 0 Å². The first-order valence-electron chi connectivity index (χ1n) is 8.10. The van der Waals surface area contributed by atoms with E-state index in [9.17, 15) is 9.90 Å². The molecule has 0 aliphatic carbocycles. The van der Waals surface area contributed by atoms with Crippen LogP contribution < -0.4 is 5.32 Å². The fraction of sp³-hybridized carbons (Fsp3) is 0.389. The minimum Gasteiger partial charge on any atom is -0.508 e. The molecule has 5 heteroatoms. The minimum absolute atomic E-state index is 0.163. The second-order valence-corrected chi connectivity index (χ2v) is 6.53. The molecule has 5 nitrogen and oxygen atoms in total. The number of piperidine rings is 1. The average molecular weight is 312 g/mol. The smallest absolute Gasteiger partial charge is 0.287 e. The fourth-order valence-corrected chi connectivity index (χ4v) is 3.69. The highest BCUT2D eigenvalue weighted by molar-refractivity contribution is 5.92. The maximum absolute atomic E-state index is 12.4. The number of carbonyl (C=O) groups excluding carboxylic acids is 1. The zero-order valence-corrected chi connectivity index (χ0v) is 12.9. The molecule has 3 heterocycles. The summed E-state index contributed by atoms with van der Waals surface area (Å²) in [5.74, 6) is 1.63. The highest BCUT2D eigenvalue weighted by Crippen LogP contribution is 2.28. The molecule has 1 aromatic heterocycles. The number of aromatic hydroxyl groups is 1. The lowest BCUT2D eigenvalue weighted by Gasteiger charge is -2.30. The van der Waals surface area contributed by atoms with Crippen molar-refractivity contribution >= 4 is 5.91 Å². The van der Waals surface area contributed by atoms with Gasteiger partial charge in [0.2, 0.25) is 0 Å². The van der Waals surface area contributed by atoms with Gasteiger partial charge in [0.1, 0.15) is 11.5 Å². The van der Waals surface area contributed by atoms with Crippen LogP contribution in [0.1, 0.15) is 23.4 Å². The number of hydrogen-bond acceptors (Lipinski definition) is 4. The number of fused-ring (bicyclic) bond motifs is 2. The van der Waals surface area contributed by atoms with Crippen molar-refractivity contribution in [1.82, 2.24) is 10.2 Å². The van der Waals surface area contributed by atoms with E-state index in [1.165, 1.54) is 13.0 Å². The van der Waals surface area contributed by atoms with E-state index in [1.807, 2.05) is 6.07 Å². The van der Waals surface area contributed by atoms with Crippen LogP contribution in [0, 0.1) is 5.92 Å². The first-order valence-corrected chi connectivity index (χ1v) is 8.10. The summed E-state index contributed by atoms with van der Waals surface area (Å²) in [6.45, 7) is 3.26. The number of phenols is 1. The summed E-state index contributed by atoms with van der Waals surface area (Å²) in [4.78, 5) is 14.8. The number of carbonyl (C=O) groups is 1. The molecule has 2 aromatic rings. The van der Waals surface area contributed by atoms with E-state index in [0.717, 1.165) is 25.1 Å². The quantitative estimate of drug-likeness (QED) is 0.914. The van der Waals surface area contributed by atoms with Gasteiger partial charge < -0.3 is 19.7 Å². The molecule has 120 valence electrons. The first kappa shape index (κ1) is 14.3. The Labute approximate surface area is 134 Å². The molecule has 2 saturated heterocycles. The van der Waals surface area contributed by atoms with Crippen molar-refractivity contribution < 1.29 is 14.3 Å². The maximum Gasteiger partial charge on any atom is 0.287 e. The molecule has 2 aliphatic rings. The average Bonchev–Trinajstić information content (AvgIpc) is 3.14. The van der Waals surface area contributed by atoms with Gasteiger partial charge >= 0.3 is 0 Å². The Morgan fingerprint density at radius 1 is 1.26 bits per heavy atom. The van der Waals surface area contributed by atoms with Crippen LogP contribution in [0.25, 0.3) is 11.3 Å². The Kier molecular flexibility index (Phi) is 3.58. The van der Waals surface area contributed by atoms with E-state index >= 15 is 0 Å². The van der Waals surface area contributed by atoms with E-state index in [0.29, 0.717) is 17.4 Å². The molecular formula is C18H20N2O3. The predicted octanol–water partition coefficient (Wildman–Crippen LogP) is 2.48. The zero-order valence-electron chi connectivity index (χ0n) is 12.9. The molecular weight excluding hydrogens is 292 g/mol. The van der Waals surface area contributed by atoms with Gasteiger partial charge in [0, 0.05) is 24.7 Å². The molecule has 1 unspecified atom stereocenters. The van der Waals surface area contributed by atoms with Crippen LogP contribution in [0.2, 0.25) is 0 Å². The zero-order chi connectivity index (χ0) is 15.8. The monoisotopic (exact) mass is 312 g/mol. The largest absolute Gasteiger partial charge is 0.508 e. The highest BCUT2D eigenvalue weighted by atomic mass is 16.4. The van der Waals surface area contributed by atoms with E-state index in [-0.39, 0.29) is 17.7 Å². The summed E-state index contributed by atoms with van der Waals surface area (Å²) in [6.07, 6.45) is 2.30. The predicted molar refractivity (Wildman–Crippen MR) is 86.2 cm³/mol. The molecule has 2 N–H and O–H groups in total. The molecule has 0 radical (unpaired) electrons. The number of nitrogens with zero attached hydrogens (tertiary/aromatic N) is 1. The van der Waals surface area contributed by atoms with Crippen LogP contribution in [0.3, 0.4) is 0 Å². The van der Waals surface area contributed by atoms with Gasteiger partial charge in [-0.15, -0.1) is 0 Å². The molecule has 23 heavy (non-hydrogen) atoms. The fourth-order valence-electron chi connectivity index (χ4n) is 3.69. The Bertz CT molecular complexity index is 713. The van der Waals surface area contributed by atoms with Crippen LogP contribution >= 0.6 is 0 Å². The normalized spacial score (nSPS) is 26.2. The Morgan fingerprint density at radius 3 is 3.00 bits per heavy atom. The minimum atomic E-state index is -0.163. The van der Waals surface area contributed by atoms with Crippen molar-refractivity contribution in [2.45, 2.75) is 18.9 Å². The Hall–Kier alpha value is -2.27. The van der Waals surface area contributed by atoms with Gasteiger partial charge in [-0.25, -0.2) is 0 Å².